The molecule has 0 spiro atoms. The fourth-order valence-corrected chi connectivity index (χ4v) is 3.82. The van der Waals surface area contributed by atoms with Gasteiger partial charge in [-0.2, -0.15) is 0 Å². The van der Waals surface area contributed by atoms with E-state index in [0.717, 1.165) is 11.3 Å². The summed E-state index contributed by atoms with van der Waals surface area (Å²) in [7, 11) is 1.35. The van der Waals surface area contributed by atoms with Crippen molar-refractivity contribution >= 4 is 23.5 Å². The van der Waals surface area contributed by atoms with Gasteiger partial charge in [0, 0.05) is 16.6 Å². The minimum Gasteiger partial charge on any atom is -0.468 e. The quantitative estimate of drug-likeness (QED) is 0.482. The molecule has 0 aromatic heterocycles. The first-order chi connectivity index (χ1) is 9.13. The zero-order chi connectivity index (χ0) is 13.8. The summed E-state index contributed by atoms with van der Waals surface area (Å²) < 4.78 is 4.77. The molecule has 0 bridgehead atoms. The maximum Gasteiger partial charge on any atom is 0.316 e. The van der Waals surface area contributed by atoms with Crippen LogP contribution in [0, 0.1) is 11.8 Å². The fraction of sp³-hybridized carbons (Fsp3) is 0.467. The Kier molecular flexibility index (Phi) is 4.64. The van der Waals surface area contributed by atoms with Crippen LogP contribution in [0.2, 0.25) is 0 Å². The molecule has 1 aromatic rings. The predicted molar refractivity (Wildman–Crippen MR) is 75.0 cm³/mol. The molecule has 0 N–H and O–H groups in total. The number of esters is 1. The molecule has 0 aliphatic heterocycles. The lowest BCUT2D eigenvalue weighted by Crippen LogP contribution is -2.30. The van der Waals surface area contributed by atoms with Crippen molar-refractivity contribution in [3.8, 4) is 0 Å². The number of thioether (sulfide) groups is 1. The van der Waals surface area contributed by atoms with E-state index in [4.69, 9.17) is 4.74 Å². The Bertz CT molecular complexity index is 458. The van der Waals surface area contributed by atoms with E-state index in [0.29, 0.717) is 6.42 Å². The summed E-state index contributed by atoms with van der Waals surface area (Å²) in [6, 6.07) is 10.1. The van der Waals surface area contributed by atoms with Gasteiger partial charge in [-0.3, -0.25) is 9.59 Å². The number of methoxy groups -OCH3 is 1. The summed E-state index contributed by atoms with van der Waals surface area (Å²) >= 11 is 1.71. The third-order valence-corrected chi connectivity index (χ3v) is 4.89. The highest BCUT2D eigenvalue weighted by atomic mass is 32.2. The minimum absolute atomic E-state index is 0.0253. The number of benzene rings is 1. The molecule has 3 unspecified atom stereocenters. The second-order valence-electron chi connectivity index (χ2n) is 4.81. The summed E-state index contributed by atoms with van der Waals surface area (Å²) in [6.45, 7) is 2.08. The Hall–Kier alpha value is -1.29. The lowest BCUT2D eigenvalue weighted by Gasteiger charge is -2.22. The zero-order valence-corrected chi connectivity index (χ0v) is 12.0. The first-order valence-electron chi connectivity index (χ1n) is 6.45. The van der Waals surface area contributed by atoms with Crippen molar-refractivity contribution in [1.29, 1.82) is 0 Å². The van der Waals surface area contributed by atoms with Crippen molar-refractivity contribution in [1.82, 2.24) is 0 Å². The first kappa shape index (κ1) is 14.1. The van der Waals surface area contributed by atoms with Gasteiger partial charge in [-0.05, 0) is 24.5 Å². The molecule has 0 amide bonds. The Morgan fingerprint density at radius 1 is 1.37 bits per heavy atom. The van der Waals surface area contributed by atoms with Crippen molar-refractivity contribution < 1.29 is 14.3 Å². The third-order valence-electron chi connectivity index (χ3n) is 3.62. The number of ketones is 1. The van der Waals surface area contributed by atoms with Crippen LogP contribution in [0.1, 0.15) is 19.8 Å². The molecule has 0 heterocycles. The number of ether oxygens (including phenoxy) is 1. The Morgan fingerprint density at radius 2 is 2.05 bits per heavy atom. The molecular formula is C15H18O3S. The van der Waals surface area contributed by atoms with Gasteiger partial charge in [-0.25, -0.2) is 0 Å². The van der Waals surface area contributed by atoms with Gasteiger partial charge in [0.1, 0.15) is 11.7 Å². The molecule has 4 heteroatoms. The summed E-state index contributed by atoms with van der Waals surface area (Å²) in [4.78, 5) is 24.7. The van der Waals surface area contributed by atoms with E-state index in [1.807, 2.05) is 30.3 Å². The summed E-state index contributed by atoms with van der Waals surface area (Å²) in [5.41, 5.74) is 0. The van der Waals surface area contributed by atoms with Crippen molar-refractivity contribution in [2.75, 3.05) is 7.11 Å². The van der Waals surface area contributed by atoms with Crippen LogP contribution < -0.4 is 0 Å². The number of carbonyl (C=O) groups excluding carboxylic acids is 2. The average molecular weight is 278 g/mol. The van der Waals surface area contributed by atoms with E-state index in [9.17, 15) is 9.59 Å². The van der Waals surface area contributed by atoms with Crippen LogP contribution >= 0.6 is 11.8 Å². The molecule has 2 rings (SSSR count). The maximum atomic E-state index is 11.8. The van der Waals surface area contributed by atoms with Gasteiger partial charge in [0.2, 0.25) is 0 Å². The molecule has 1 saturated carbocycles. The summed E-state index contributed by atoms with van der Waals surface area (Å²) in [5, 5.41) is 0.220. The SMILES string of the molecule is COC(=O)C1C(=O)CCC1C(C)Sc1ccccc1. The van der Waals surface area contributed by atoms with Gasteiger partial charge >= 0.3 is 5.97 Å². The lowest BCUT2D eigenvalue weighted by molar-refractivity contribution is -0.149. The lowest BCUT2D eigenvalue weighted by atomic mass is 9.93. The molecular weight excluding hydrogens is 260 g/mol. The highest BCUT2D eigenvalue weighted by Gasteiger charge is 2.43. The standard InChI is InChI=1S/C15H18O3S/c1-10(19-11-6-4-3-5-7-11)12-8-9-13(16)14(12)15(17)18-2/h3-7,10,12,14H,8-9H2,1-2H3. The molecule has 3 nitrogen and oxygen atoms in total. The maximum absolute atomic E-state index is 11.8. The molecule has 0 radical (unpaired) electrons. The predicted octanol–water partition coefficient (Wildman–Crippen LogP) is 2.94. The minimum atomic E-state index is -0.573. The summed E-state index contributed by atoms with van der Waals surface area (Å²) in [5.74, 6) is -0.855. The van der Waals surface area contributed by atoms with E-state index >= 15 is 0 Å². The van der Waals surface area contributed by atoms with Crippen molar-refractivity contribution in [2.45, 2.75) is 29.9 Å². The molecule has 1 aliphatic rings. The van der Waals surface area contributed by atoms with Crippen LogP contribution in [0.4, 0.5) is 0 Å². The van der Waals surface area contributed by atoms with Gasteiger partial charge < -0.3 is 4.74 Å². The smallest absolute Gasteiger partial charge is 0.316 e. The number of hydrogen-bond acceptors (Lipinski definition) is 4. The van der Waals surface area contributed by atoms with Crippen LogP contribution in [-0.2, 0) is 14.3 Å². The largest absolute Gasteiger partial charge is 0.468 e. The fourth-order valence-electron chi connectivity index (χ4n) is 2.61. The molecule has 19 heavy (non-hydrogen) atoms. The normalized spacial score (nSPS) is 24.2. The topological polar surface area (TPSA) is 43.4 Å². The van der Waals surface area contributed by atoms with E-state index in [1.165, 1.54) is 7.11 Å². The number of hydrogen-bond donors (Lipinski definition) is 0. The summed E-state index contributed by atoms with van der Waals surface area (Å²) in [6.07, 6.45) is 1.27. The number of Topliss-reactive ketones (excluding diaryl/α,β-unsaturated/α-hetero) is 1. The Morgan fingerprint density at radius 3 is 2.68 bits per heavy atom. The number of rotatable bonds is 4. The van der Waals surface area contributed by atoms with Gasteiger partial charge in [-0.15, -0.1) is 11.8 Å². The van der Waals surface area contributed by atoms with Gasteiger partial charge in [0.15, 0.2) is 0 Å². The molecule has 3 atom stereocenters. The van der Waals surface area contributed by atoms with Crippen LogP contribution in [-0.4, -0.2) is 24.1 Å². The Balaban J connectivity index is 2.07. The molecule has 0 saturated heterocycles. The van der Waals surface area contributed by atoms with Crippen molar-refractivity contribution in [2.24, 2.45) is 11.8 Å². The van der Waals surface area contributed by atoms with E-state index in [1.54, 1.807) is 11.8 Å². The van der Waals surface area contributed by atoms with E-state index in [2.05, 4.69) is 6.92 Å². The molecule has 1 aromatic carbocycles. The highest BCUT2D eigenvalue weighted by Crippen LogP contribution is 2.39. The second kappa shape index (κ2) is 6.24. The highest BCUT2D eigenvalue weighted by molar-refractivity contribution is 8.00. The monoisotopic (exact) mass is 278 g/mol. The number of carbonyl (C=O) groups is 2. The molecule has 102 valence electrons. The van der Waals surface area contributed by atoms with Crippen LogP contribution in [0.5, 0.6) is 0 Å². The van der Waals surface area contributed by atoms with Crippen LogP contribution in [0.15, 0.2) is 35.2 Å². The second-order valence-corrected chi connectivity index (χ2v) is 6.26. The third kappa shape index (κ3) is 3.18. The van der Waals surface area contributed by atoms with Crippen molar-refractivity contribution in [3.05, 3.63) is 30.3 Å². The first-order valence-corrected chi connectivity index (χ1v) is 7.33. The van der Waals surface area contributed by atoms with Gasteiger partial charge in [0.25, 0.3) is 0 Å². The van der Waals surface area contributed by atoms with Crippen molar-refractivity contribution in [3.63, 3.8) is 0 Å². The van der Waals surface area contributed by atoms with Crippen LogP contribution in [0.3, 0.4) is 0 Å². The molecule has 1 fully saturated rings. The van der Waals surface area contributed by atoms with Gasteiger partial charge in [-0.1, -0.05) is 25.1 Å². The Labute approximate surface area is 117 Å². The van der Waals surface area contributed by atoms with Gasteiger partial charge in [0.05, 0.1) is 7.11 Å². The average Bonchev–Trinajstić information content (AvgIpc) is 2.81. The van der Waals surface area contributed by atoms with E-state index < -0.39 is 5.92 Å². The van der Waals surface area contributed by atoms with Crippen LogP contribution in [0.25, 0.3) is 0 Å². The van der Waals surface area contributed by atoms with E-state index in [-0.39, 0.29) is 22.9 Å². The molecule has 1 aliphatic carbocycles. The zero-order valence-electron chi connectivity index (χ0n) is 11.2.